The molecule has 22 heavy (non-hydrogen) atoms. The van der Waals surface area contributed by atoms with E-state index in [4.69, 9.17) is 10.2 Å². The van der Waals surface area contributed by atoms with E-state index < -0.39 is 0 Å². The number of hydrogen-bond donors (Lipinski definition) is 1. The summed E-state index contributed by atoms with van der Waals surface area (Å²) in [6.07, 6.45) is 6.74. The molecule has 1 aromatic carbocycles. The molecule has 1 aliphatic heterocycles. The summed E-state index contributed by atoms with van der Waals surface area (Å²) in [7, 11) is 0. The maximum absolute atomic E-state index is 12.5. The largest absolute Gasteiger partial charge is 0.464 e. The highest BCUT2D eigenvalue weighted by Crippen LogP contribution is 2.31. The molecule has 4 nitrogen and oxygen atoms in total. The summed E-state index contributed by atoms with van der Waals surface area (Å²) in [5, 5.41) is 1.11. The Hall–Kier alpha value is -1.81. The molecule has 2 N–H and O–H groups in total. The summed E-state index contributed by atoms with van der Waals surface area (Å²) in [5.74, 6) is 0.660. The number of rotatable bonds is 3. The highest BCUT2D eigenvalue weighted by Gasteiger charge is 2.26. The zero-order valence-electron chi connectivity index (χ0n) is 12.8. The Balaban J connectivity index is 1.56. The van der Waals surface area contributed by atoms with E-state index in [1.54, 1.807) is 6.26 Å². The smallest absolute Gasteiger partial charge is 0.227 e. The van der Waals surface area contributed by atoms with Gasteiger partial charge in [0.1, 0.15) is 5.58 Å². The summed E-state index contributed by atoms with van der Waals surface area (Å²) in [6.45, 7) is 2.32. The van der Waals surface area contributed by atoms with Crippen molar-refractivity contribution < 1.29 is 9.21 Å². The highest BCUT2D eigenvalue weighted by molar-refractivity contribution is 5.88. The van der Waals surface area contributed by atoms with Gasteiger partial charge in [-0.15, -0.1) is 0 Å². The number of likely N-dealkylation sites (tertiary alicyclic amines) is 1. The van der Waals surface area contributed by atoms with Crippen LogP contribution in [0.1, 0.15) is 29.5 Å². The van der Waals surface area contributed by atoms with Crippen molar-refractivity contribution in [3.05, 3.63) is 35.1 Å². The third kappa shape index (κ3) is 2.31. The van der Waals surface area contributed by atoms with Gasteiger partial charge in [-0.1, -0.05) is 0 Å². The van der Waals surface area contributed by atoms with E-state index in [1.807, 2.05) is 4.90 Å². The standard InChI is InChI=1S/C18H22N2O2/c19-9-12-4-5-20(10-12)18(21)8-15-11-22-17-7-14-3-1-2-13(14)6-16(15)17/h6-7,11-12H,1-5,8-10,19H2. The molecule has 1 unspecified atom stereocenters. The Labute approximate surface area is 130 Å². The van der Waals surface area contributed by atoms with E-state index in [9.17, 15) is 4.79 Å². The van der Waals surface area contributed by atoms with Crippen molar-refractivity contribution in [1.82, 2.24) is 4.90 Å². The lowest BCUT2D eigenvalue weighted by Gasteiger charge is -2.15. The summed E-state index contributed by atoms with van der Waals surface area (Å²) in [4.78, 5) is 14.4. The normalized spacial score (nSPS) is 20.8. The Morgan fingerprint density at radius 1 is 1.32 bits per heavy atom. The lowest BCUT2D eigenvalue weighted by Crippen LogP contribution is -2.31. The quantitative estimate of drug-likeness (QED) is 0.945. The monoisotopic (exact) mass is 298 g/mol. The second-order valence-corrected chi connectivity index (χ2v) is 6.64. The Morgan fingerprint density at radius 3 is 2.91 bits per heavy atom. The van der Waals surface area contributed by atoms with Crippen LogP contribution in [0.25, 0.3) is 11.0 Å². The molecule has 4 heteroatoms. The van der Waals surface area contributed by atoms with Gasteiger partial charge in [-0.2, -0.15) is 0 Å². The van der Waals surface area contributed by atoms with Crippen LogP contribution in [-0.2, 0) is 24.1 Å². The van der Waals surface area contributed by atoms with Gasteiger partial charge in [0.15, 0.2) is 0 Å². The molecule has 1 amide bonds. The number of fused-ring (bicyclic) bond motifs is 2. The lowest BCUT2D eigenvalue weighted by atomic mass is 10.0. The number of amides is 1. The fourth-order valence-corrected chi connectivity index (χ4v) is 3.81. The SMILES string of the molecule is NCC1CCN(C(=O)Cc2coc3cc4c(cc23)CCC4)C1. The molecule has 1 aromatic heterocycles. The number of nitrogens with two attached hydrogens (primary N) is 1. The van der Waals surface area contributed by atoms with E-state index in [0.29, 0.717) is 18.9 Å². The van der Waals surface area contributed by atoms with Crippen LogP contribution in [0.3, 0.4) is 0 Å². The number of carbonyl (C=O) groups excluding carboxylic acids is 1. The summed E-state index contributed by atoms with van der Waals surface area (Å²) in [5.41, 5.74) is 10.5. The maximum atomic E-state index is 12.5. The van der Waals surface area contributed by atoms with Gasteiger partial charge < -0.3 is 15.1 Å². The molecule has 0 radical (unpaired) electrons. The van der Waals surface area contributed by atoms with Crippen LogP contribution in [0.2, 0.25) is 0 Å². The van der Waals surface area contributed by atoms with Crippen LogP contribution in [0.4, 0.5) is 0 Å². The summed E-state index contributed by atoms with van der Waals surface area (Å²) in [6, 6.07) is 4.39. The van der Waals surface area contributed by atoms with Crippen LogP contribution in [0.5, 0.6) is 0 Å². The molecule has 2 aliphatic rings. The molecule has 1 saturated heterocycles. The first kappa shape index (κ1) is 13.8. The molecule has 1 fully saturated rings. The minimum Gasteiger partial charge on any atom is -0.464 e. The van der Waals surface area contributed by atoms with Gasteiger partial charge in [-0.3, -0.25) is 4.79 Å². The van der Waals surface area contributed by atoms with Crippen LogP contribution >= 0.6 is 0 Å². The van der Waals surface area contributed by atoms with E-state index in [-0.39, 0.29) is 5.91 Å². The average molecular weight is 298 g/mol. The lowest BCUT2D eigenvalue weighted by molar-refractivity contribution is -0.129. The predicted octanol–water partition coefficient (Wildman–Crippen LogP) is 2.27. The van der Waals surface area contributed by atoms with E-state index in [0.717, 1.165) is 48.9 Å². The van der Waals surface area contributed by atoms with Gasteiger partial charge >= 0.3 is 0 Å². The van der Waals surface area contributed by atoms with Crippen molar-refractivity contribution in [2.75, 3.05) is 19.6 Å². The first-order chi connectivity index (χ1) is 10.7. The minimum absolute atomic E-state index is 0.194. The molecular formula is C18H22N2O2. The van der Waals surface area contributed by atoms with Crippen LogP contribution < -0.4 is 5.73 Å². The number of carbonyl (C=O) groups is 1. The third-order valence-corrected chi connectivity index (χ3v) is 5.18. The van der Waals surface area contributed by atoms with Crippen molar-refractivity contribution in [2.45, 2.75) is 32.1 Å². The summed E-state index contributed by atoms with van der Waals surface area (Å²) >= 11 is 0. The molecule has 1 aliphatic carbocycles. The van der Waals surface area contributed by atoms with E-state index >= 15 is 0 Å². The highest BCUT2D eigenvalue weighted by atomic mass is 16.3. The topological polar surface area (TPSA) is 59.5 Å². The molecular weight excluding hydrogens is 276 g/mol. The van der Waals surface area contributed by atoms with Gasteiger partial charge in [-0.05, 0) is 61.4 Å². The van der Waals surface area contributed by atoms with Crippen LogP contribution in [0.15, 0.2) is 22.8 Å². The van der Waals surface area contributed by atoms with Crippen molar-refractivity contribution in [1.29, 1.82) is 0 Å². The number of aryl methyl sites for hydroxylation is 2. The fourth-order valence-electron chi connectivity index (χ4n) is 3.81. The zero-order valence-corrected chi connectivity index (χ0v) is 12.8. The Bertz CT molecular complexity index is 719. The maximum Gasteiger partial charge on any atom is 0.227 e. The van der Waals surface area contributed by atoms with E-state index in [2.05, 4.69) is 12.1 Å². The van der Waals surface area contributed by atoms with E-state index in [1.165, 1.54) is 17.5 Å². The Kier molecular flexibility index (Phi) is 3.41. The molecule has 1 atom stereocenters. The average Bonchev–Trinajstić information content (AvgIpc) is 3.24. The second-order valence-electron chi connectivity index (χ2n) is 6.64. The van der Waals surface area contributed by atoms with Crippen molar-refractivity contribution in [2.24, 2.45) is 11.7 Å². The van der Waals surface area contributed by atoms with Gasteiger partial charge in [0.05, 0.1) is 12.7 Å². The minimum atomic E-state index is 0.194. The fraction of sp³-hybridized carbons (Fsp3) is 0.500. The van der Waals surface area contributed by atoms with Gasteiger partial charge in [0, 0.05) is 24.0 Å². The Morgan fingerprint density at radius 2 is 2.14 bits per heavy atom. The first-order valence-electron chi connectivity index (χ1n) is 8.24. The number of furan rings is 1. The van der Waals surface area contributed by atoms with Gasteiger partial charge in [-0.25, -0.2) is 0 Å². The number of benzene rings is 1. The number of hydrogen-bond acceptors (Lipinski definition) is 3. The molecule has 0 spiro atoms. The molecule has 2 heterocycles. The predicted molar refractivity (Wildman–Crippen MR) is 85.7 cm³/mol. The van der Waals surface area contributed by atoms with Crippen molar-refractivity contribution in [3.63, 3.8) is 0 Å². The van der Waals surface area contributed by atoms with Crippen LogP contribution in [0, 0.1) is 5.92 Å². The second kappa shape index (κ2) is 5.43. The molecule has 116 valence electrons. The molecule has 0 bridgehead atoms. The third-order valence-electron chi connectivity index (χ3n) is 5.18. The molecule has 4 rings (SSSR count). The first-order valence-corrected chi connectivity index (χ1v) is 8.24. The molecule has 2 aromatic rings. The molecule has 0 saturated carbocycles. The van der Waals surface area contributed by atoms with Crippen molar-refractivity contribution >= 4 is 16.9 Å². The number of nitrogens with zero attached hydrogens (tertiary/aromatic N) is 1. The van der Waals surface area contributed by atoms with Gasteiger partial charge in [0.25, 0.3) is 0 Å². The van der Waals surface area contributed by atoms with Gasteiger partial charge in [0.2, 0.25) is 5.91 Å². The van der Waals surface area contributed by atoms with Crippen LogP contribution in [-0.4, -0.2) is 30.4 Å². The zero-order chi connectivity index (χ0) is 15.1. The summed E-state index contributed by atoms with van der Waals surface area (Å²) < 4.78 is 5.69. The van der Waals surface area contributed by atoms with Crippen molar-refractivity contribution in [3.8, 4) is 0 Å².